The van der Waals surface area contributed by atoms with E-state index in [1.807, 2.05) is 6.33 Å². The van der Waals surface area contributed by atoms with Gasteiger partial charge in [-0.1, -0.05) is 6.92 Å². The molecule has 1 unspecified atom stereocenters. The number of aromatic nitrogens is 3. The van der Waals surface area contributed by atoms with Crippen LogP contribution in [-0.2, 0) is 0 Å². The Morgan fingerprint density at radius 1 is 1.41 bits per heavy atom. The van der Waals surface area contributed by atoms with E-state index in [1.165, 1.54) is 31.5 Å². The van der Waals surface area contributed by atoms with Crippen molar-refractivity contribution in [1.29, 1.82) is 0 Å². The fourth-order valence-corrected chi connectivity index (χ4v) is 2.74. The van der Waals surface area contributed by atoms with Crippen LogP contribution in [0.2, 0.25) is 0 Å². The van der Waals surface area contributed by atoms with Gasteiger partial charge in [0.1, 0.15) is 12.2 Å². The molecule has 17 heavy (non-hydrogen) atoms. The Labute approximate surface area is 104 Å². The monoisotopic (exact) mass is 236 g/mol. The van der Waals surface area contributed by atoms with Crippen LogP contribution in [-0.4, -0.2) is 21.3 Å². The van der Waals surface area contributed by atoms with Crippen LogP contribution < -0.4 is 5.73 Å². The zero-order valence-corrected chi connectivity index (χ0v) is 11.0. The molecule has 4 nitrogen and oxygen atoms in total. The van der Waals surface area contributed by atoms with Gasteiger partial charge in [0, 0.05) is 12.0 Å². The maximum Gasteiger partial charge on any atom is 0.136 e. The Hall–Kier alpha value is -0.900. The molecule has 0 amide bonds. The molecule has 1 aromatic rings. The van der Waals surface area contributed by atoms with Crippen molar-refractivity contribution in [2.24, 2.45) is 11.7 Å². The summed E-state index contributed by atoms with van der Waals surface area (Å²) < 4.78 is 2.26. The number of hydrogen-bond acceptors (Lipinski definition) is 3. The second-order valence-corrected chi connectivity index (χ2v) is 5.31. The Morgan fingerprint density at radius 3 is 2.71 bits per heavy atom. The van der Waals surface area contributed by atoms with Crippen LogP contribution in [0.4, 0.5) is 0 Å². The fraction of sp³-hybridized carbons (Fsp3) is 0.846. The van der Waals surface area contributed by atoms with Crippen molar-refractivity contribution >= 4 is 0 Å². The first kappa shape index (κ1) is 12.6. The third-order valence-corrected chi connectivity index (χ3v) is 4.21. The molecule has 0 saturated heterocycles. The normalized spacial score (nSPS) is 27.0. The van der Waals surface area contributed by atoms with Crippen molar-refractivity contribution < 1.29 is 0 Å². The summed E-state index contributed by atoms with van der Waals surface area (Å²) in [6.45, 7) is 5.28. The SMILES string of the molecule is CCC(C)n1cnnc1C1CCC(CN)CC1. The van der Waals surface area contributed by atoms with Gasteiger partial charge in [-0.3, -0.25) is 0 Å². The molecule has 0 radical (unpaired) electrons. The summed E-state index contributed by atoms with van der Waals surface area (Å²) in [4.78, 5) is 0. The zero-order valence-electron chi connectivity index (χ0n) is 11.0. The van der Waals surface area contributed by atoms with Crippen molar-refractivity contribution in [1.82, 2.24) is 14.8 Å². The summed E-state index contributed by atoms with van der Waals surface area (Å²) in [5.41, 5.74) is 5.73. The minimum absolute atomic E-state index is 0.507. The molecule has 1 fully saturated rings. The quantitative estimate of drug-likeness (QED) is 0.873. The Kier molecular flexibility index (Phi) is 4.15. The first-order valence-corrected chi connectivity index (χ1v) is 6.85. The third-order valence-electron chi connectivity index (χ3n) is 4.21. The molecular weight excluding hydrogens is 212 g/mol. The van der Waals surface area contributed by atoms with Crippen molar-refractivity contribution in [2.75, 3.05) is 6.54 Å². The van der Waals surface area contributed by atoms with Gasteiger partial charge in [-0.25, -0.2) is 0 Å². The highest BCUT2D eigenvalue weighted by atomic mass is 15.3. The van der Waals surface area contributed by atoms with Gasteiger partial charge < -0.3 is 10.3 Å². The third kappa shape index (κ3) is 2.68. The molecule has 0 aromatic carbocycles. The van der Waals surface area contributed by atoms with E-state index >= 15 is 0 Å². The highest BCUT2D eigenvalue weighted by Crippen LogP contribution is 2.35. The summed E-state index contributed by atoms with van der Waals surface area (Å²) in [7, 11) is 0. The summed E-state index contributed by atoms with van der Waals surface area (Å²) in [6.07, 6.45) is 7.94. The smallest absolute Gasteiger partial charge is 0.136 e. The molecule has 1 saturated carbocycles. The second-order valence-electron chi connectivity index (χ2n) is 5.31. The molecule has 4 heteroatoms. The fourth-order valence-electron chi connectivity index (χ4n) is 2.74. The van der Waals surface area contributed by atoms with Crippen molar-refractivity contribution in [3.05, 3.63) is 12.2 Å². The average molecular weight is 236 g/mol. The van der Waals surface area contributed by atoms with Gasteiger partial charge in [0.2, 0.25) is 0 Å². The van der Waals surface area contributed by atoms with Gasteiger partial charge in [0.05, 0.1) is 0 Å². The zero-order chi connectivity index (χ0) is 12.3. The van der Waals surface area contributed by atoms with E-state index < -0.39 is 0 Å². The molecule has 0 spiro atoms. The maximum absolute atomic E-state index is 5.73. The summed E-state index contributed by atoms with van der Waals surface area (Å²) in [6, 6.07) is 0.507. The number of hydrogen-bond donors (Lipinski definition) is 1. The minimum atomic E-state index is 0.507. The molecule has 1 aliphatic carbocycles. The molecule has 2 rings (SSSR count). The largest absolute Gasteiger partial charge is 0.330 e. The summed E-state index contributed by atoms with van der Waals surface area (Å²) in [5, 5.41) is 8.44. The van der Waals surface area contributed by atoms with E-state index in [0.29, 0.717) is 12.0 Å². The van der Waals surface area contributed by atoms with Crippen LogP contribution >= 0.6 is 0 Å². The average Bonchev–Trinajstić information content (AvgIpc) is 2.87. The van der Waals surface area contributed by atoms with Crippen LogP contribution in [0, 0.1) is 5.92 Å². The highest BCUT2D eigenvalue weighted by Gasteiger charge is 2.25. The maximum atomic E-state index is 5.73. The van der Waals surface area contributed by atoms with Crippen molar-refractivity contribution in [3.8, 4) is 0 Å². The van der Waals surface area contributed by atoms with Crippen LogP contribution in [0.3, 0.4) is 0 Å². The minimum Gasteiger partial charge on any atom is -0.330 e. The lowest BCUT2D eigenvalue weighted by Gasteiger charge is -2.28. The lowest BCUT2D eigenvalue weighted by molar-refractivity contribution is 0.315. The van der Waals surface area contributed by atoms with Gasteiger partial charge in [-0.2, -0.15) is 0 Å². The Bertz CT molecular complexity index is 339. The molecule has 0 aliphatic heterocycles. The van der Waals surface area contributed by atoms with E-state index in [4.69, 9.17) is 5.73 Å². The molecule has 96 valence electrons. The molecule has 1 atom stereocenters. The first-order valence-electron chi connectivity index (χ1n) is 6.85. The molecule has 0 bridgehead atoms. The van der Waals surface area contributed by atoms with Crippen LogP contribution in [0.25, 0.3) is 0 Å². The second kappa shape index (κ2) is 5.63. The predicted molar refractivity (Wildman–Crippen MR) is 68.8 cm³/mol. The summed E-state index contributed by atoms with van der Waals surface area (Å²) in [5.74, 6) is 2.51. The van der Waals surface area contributed by atoms with Gasteiger partial charge >= 0.3 is 0 Å². The lowest BCUT2D eigenvalue weighted by atomic mass is 9.81. The standard InChI is InChI=1S/C13H24N4/c1-3-10(2)17-9-15-16-13(17)12-6-4-11(8-14)5-7-12/h9-12H,3-8,14H2,1-2H3. The molecule has 1 aromatic heterocycles. The van der Waals surface area contributed by atoms with Gasteiger partial charge in [-0.05, 0) is 51.5 Å². The predicted octanol–water partition coefficient (Wildman–Crippen LogP) is 2.48. The lowest BCUT2D eigenvalue weighted by Crippen LogP contribution is -2.22. The number of rotatable bonds is 4. The van der Waals surface area contributed by atoms with Crippen molar-refractivity contribution in [2.45, 2.75) is 57.9 Å². The van der Waals surface area contributed by atoms with E-state index in [-0.39, 0.29) is 0 Å². The molecule has 1 heterocycles. The van der Waals surface area contributed by atoms with Gasteiger partial charge in [-0.15, -0.1) is 10.2 Å². The Balaban J connectivity index is 2.05. The van der Waals surface area contributed by atoms with Crippen LogP contribution in [0.15, 0.2) is 6.33 Å². The molecular formula is C13H24N4. The van der Waals surface area contributed by atoms with Gasteiger partial charge in [0.25, 0.3) is 0 Å². The van der Waals surface area contributed by atoms with E-state index in [0.717, 1.165) is 18.9 Å². The van der Waals surface area contributed by atoms with Crippen LogP contribution in [0.5, 0.6) is 0 Å². The number of nitrogens with zero attached hydrogens (tertiary/aromatic N) is 3. The summed E-state index contributed by atoms with van der Waals surface area (Å²) >= 11 is 0. The van der Waals surface area contributed by atoms with Gasteiger partial charge in [0.15, 0.2) is 0 Å². The topological polar surface area (TPSA) is 56.7 Å². The Morgan fingerprint density at radius 2 is 2.12 bits per heavy atom. The molecule has 2 N–H and O–H groups in total. The van der Waals surface area contributed by atoms with E-state index in [2.05, 4.69) is 28.6 Å². The first-order chi connectivity index (χ1) is 8.26. The highest BCUT2D eigenvalue weighted by molar-refractivity contribution is 5.00. The molecule has 1 aliphatic rings. The number of nitrogens with two attached hydrogens (primary N) is 1. The van der Waals surface area contributed by atoms with E-state index in [9.17, 15) is 0 Å². The van der Waals surface area contributed by atoms with Crippen LogP contribution in [0.1, 0.15) is 63.7 Å². The van der Waals surface area contributed by atoms with E-state index in [1.54, 1.807) is 0 Å². The van der Waals surface area contributed by atoms with Crippen molar-refractivity contribution in [3.63, 3.8) is 0 Å².